The van der Waals surface area contributed by atoms with E-state index >= 15 is 0 Å². The van der Waals surface area contributed by atoms with E-state index in [9.17, 15) is 17.2 Å². The van der Waals surface area contributed by atoms with Crippen molar-refractivity contribution in [2.45, 2.75) is 4.21 Å². The number of hydrogen-bond donors (Lipinski definition) is 1. The molecule has 4 nitrogen and oxygen atoms in total. The Bertz CT molecular complexity index is 734. The van der Waals surface area contributed by atoms with Crippen LogP contribution in [0.2, 0.25) is 4.34 Å². The number of thiophene rings is 1. The van der Waals surface area contributed by atoms with Gasteiger partial charge in [0, 0.05) is 12.6 Å². The lowest BCUT2D eigenvalue weighted by atomic mass is 10.3. The van der Waals surface area contributed by atoms with Gasteiger partial charge in [0.1, 0.15) is 16.6 Å². The van der Waals surface area contributed by atoms with Gasteiger partial charge in [-0.1, -0.05) is 11.6 Å². The minimum atomic E-state index is -3.66. The van der Waals surface area contributed by atoms with Crippen molar-refractivity contribution < 1.29 is 21.9 Å². The number of sulfonamides is 1. The molecule has 0 aliphatic rings. The summed E-state index contributed by atoms with van der Waals surface area (Å²) in [5.41, 5.74) is 0. The van der Waals surface area contributed by atoms with E-state index in [0.717, 1.165) is 23.5 Å². The molecule has 1 aromatic carbocycles. The average Bonchev–Trinajstić information content (AvgIpc) is 2.84. The molecule has 21 heavy (non-hydrogen) atoms. The zero-order valence-electron chi connectivity index (χ0n) is 10.5. The number of hydrogen-bond acceptors (Lipinski definition) is 4. The van der Waals surface area contributed by atoms with Crippen LogP contribution < -0.4 is 9.46 Å². The van der Waals surface area contributed by atoms with Gasteiger partial charge >= 0.3 is 0 Å². The second kappa shape index (κ2) is 6.69. The van der Waals surface area contributed by atoms with Crippen LogP contribution in [0.5, 0.6) is 5.75 Å². The van der Waals surface area contributed by atoms with Crippen LogP contribution in [0.1, 0.15) is 0 Å². The molecule has 0 atom stereocenters. The Hall–Kier alpha value is -1.22. The molecule has 0 amide bonds. The lowest BCUT2D eigenvalue weighted by Gasteiger charge is -2.08. The highest BCUT2D eigenvalue weighted by atomic mass is 35.5. The molecule has 0 unspecified atom stereocenters. The molecule has 0 fully saturated rings. The maximum atomic E-state index is 13.3. The van der Waals surface area contributed by atoms with Crippen molar-refractivity contribution in [2.24, 2.45) is 0 Å². The Morgan fingerprint density at radius 3 is 2.62 bits per heavy atom. The predicted molar refractivity (Wildman–Crippen MR) is 76.4 cm³/mol. The molecule has 0 spiro atoms. The number of benzene rings is 1. The SMILES string of the molecule is O=S(=O)(NCCOc1ccc(F)cc1F)c1ccc(Cl)s1. The van der Waals surface area contributed by atoms with Gasteiger partial charge in [-0.3, -0.25) is 0 Å². The van der Waals surface area contributed by atoms with E-state index in [4.69, 9.17) is 16.3 Å². The van der Waals surface area contributed by atoms with Gasteiger partial charge in [-0.15, -0.1) is 11.3 Å². The summed E-state index contributed by atoms with van der Waals surface area (Å²) in [5, 5.41) is 0. The molecular weight excluding hydrogens is 344 g/mol. The van der Waals surface area contributed by atoms with Crippen LogP contribution in [-0.4, -0.2) is 21.6 Å². The molecule has 1 heterocycles. The van der Waals surface area contributed by atoms with E-state index in [1.54, 1.807) is 0 Å². The molecule has 2 aromatic rings. The standard InChI is InChI=1S/C12H10ClF2NO3S2/c13-11-3-4-12(20-11)21(17,18)16-5-6-19-10-2-1-8(14)7-9(10)15/h1-4,7,16H,5-6H2. The van der Waals surface area contributed by atoms with Gasteiger partial charge in [0.05, 0.1) is 4.34 Å². The first-order chi connectivity index (χ1) is 9.88. The van der Waals surface area contributed by atoms with Crippen molar-refractivity contribution in [1.82, 2.24) is 4.72 Å². The summed E-state index contributed by atoms with van der Waals surface area (Å²) in [6.45, 7) is -0.157. The summed E-state index contributed by atoms with van der Waals surface area (Å²) >= 11 is 6.59. The number of nitrogens with one attached hydrogen (secondary N) is 1. The first-order valence-electron chi connectivity index (χ1n) is 5.71. The highest BCUT2D eigenvalue weighted by Crippen LogP contribution is 2.25. The van der Waals surface area contributed by atoms with E-state index in [1.807, 2.05) is 0 Å². The van der Waals surface area contributed by atoms with E-state index in [1.165, 1.54) is 12.1 Å². The molecule has 9 heteroatoms. The van der Waals surface area contributed by atoms with Gasteiger partial charge in [0.15, 0.2) is 11.6 Å². The maximum Gasteiger partial charge on any atom is 0.250 e. The molecule has 0 bridgehead atoms. The highest BCUT2D eigenvalue weighted by molar-refractivity contribution is 7.91. The van der Waals surface area contributed by atoms with Crippen LogP contribution >= 0.6 is 22.9 Å². The van der Waals surface area contributed by atoms with Crippen molar-refractivity contribution in [2.75, 3.05) is 13.2 Å². The Labute approximate surface area is 129 Å². The molecule has 1 N–H and O–H groups in total. The summed E-state index contributed by atoms with van der Waals surface area (Å²) < 4.78 is 57.4. The summed E-state index contributed by atoms with van der Waals surface area (Å²) in [6.07, 6.45) is 0. The topological polar surface area (TPSA) is 55.4 Å². The highest BCUT2D eigenvalue weighted by Gasteiger charge is 2.16. The second-order valence-corrected chi connectivity index (χ2v) is 7.59. The Morgan fingerprint density at radius 1 is 1.24 bits per heavy atom. The minimum Gasteiger partial charge on any atom is -0.489 e. The molecule has 2 rings (SSSR count). The van der Waals surface area contributed by atoms with Crippen LogP contribution in [-0.2, 0) is 10.0 Å². The van der Waals surface area contributed by atoms with Gasteiger partial charge in [-0.05, 0) is 24.3 Å². The molecule has 0 aliphatic carbocycles. The number of halogens is 3. The maximum absolute atomic E-state index is 13.3. The summed E-state index contributed by atoms with van der Waals surface area (Å²) in [7, 11) is -3.66. The van der Waals surface area contributed by atoms with Crippen LogP contribution in [0.4, 0.5) is 8.78 Å². The van der Waals surface area contributed by atoms with Gasteiger partial charge in [0.2, 0.25) is 10.0 Å². The summed E-state index contributed by atoms with van der Waals surface area (Å²) in [6, 6.07) is 5.74. The molecule has 1 aromatic heterocycles. The second-order valence-electron chi connectivity index (χ2n) is 3.88. The fourth-order valence-electron chi connectivity index (χ4n) is 1.44. The summed E-state index contributed by atoms with van der Waals surface area (Å²) in [4.78, 5) is 0. The Morgan fingerprint density at radius 2 is 2.00 bits per heavy atom. The van der Waals surface area contributed by atoms with E-state index in [0.29, 0.717) is 10.4 Å². The zero-order chi connectivity index (χ0) is 15.5. The Kier molecular flexibility index (Phi) is 5.15. The molecule has 0 saturated heterocycles. The van der Waals surface area contributed by atoms with Crippen LogP contribution in [0.3, 0.4) is 0 Å². The lowest BCUT2D eigenvalue weighted by molar-refractivity contribution is 0.305. The third-order valence-corrected chi connectivity index (χ3v) is 5.54. The van der Waals surface area contributed by atoms with Gasteiger partial charge < -0.3 is 4.74 Å². The first-order valence-corrected chi connectivity index (χ1v) is 8.39. The molecular formula is C12H10ClF2NO3S2. The third-order valence-electron chi connectivity index (χ3n) is 2.36. The fraction of sp³-hybridized carbons (Fsp3) is 0.167. The summed E-state index contributed by atoms with van der Waals surface area (Å²) in [5.74, 6) is -1.70. The van der Waals surface area contributed by atoms with Crippen LogP contribution in [0.15, 0.2) is 34.5 Å². The Balaban J connectivity index is 1.87. The van der Waals surface area contributed by atoms with E-state index < -0.39 is 21.7 Å². The number of ether oxygens (including phenoxy) is 1. The molecule has 0 aliphatic heterocycles. The van der Waals surface area contributed by atoms with E-state index in [-0.39, 0.29) is 23.1 Å². The average molecular weight is 354 g/mol. The van der Waals surface area contributed by atoms with Gasteiger partial charge in [-0.2, -0.15) is 0 Å². The van der Waals surface area contributed by atoms with Crippen molar-refractivity contribution in [1.29, 1.82) is 0 Å². The quantitative estimate of drug-likeness (QED) is 0.812. The normalized spacial score (nSPS) is 11.6. The van der Waals surface area contributed by atoms with Gasteiger partial charge in [-0.25, -0.2) is 21.9 Å². The van der Waals surface area contributed by atoms with Crippen molar-refractivity contribution in [3.63, 3.8) is 0 Å². The van der Waals surface area contributed by atoms with Crippen molar-refractivity contribution in [3.8, 4) is 5.75 Å². The smallest absolute Gasteiger partial charge is 0.250 e. The third kappa shape index (κ3) is 4.37. The van der Waals surface area contributed by atoms with E-state index in [2.05, 4.69) is 4.72 Å². The molecule has 0 saturated carbocycles. The first kappa shape index (κ1) is 16.2. The van der Waals surface area contributed by atoms with Crippen LogP contribution in [0, 0.1) is 11.6 Å². The van der Waals surface area contributed by atoms with Crippen molar-refractivity contribution in [3.05, 3.63) is 46.3 Å². The van der Waals surface area contributed by atoms with Crippen molar-refractivity contribution >= 4 is 33.0 Å². The number of rotatable bonds is 6. The lowest BCUT2D eigenvalue weighted by Crippen LogP contribution is -2.27. The predicted octanol–water partition coefficient (Wildman–Crippen LogP) is 3.04. The monoisotopic (exact) mass is 353 g/mol. The molecule has 0 radical (unpaired) electrons. The van der Waals surface area contributed by atoms with Gasteiger partial charge in [0.25, 0.3) is 0 Å². The fourth-order valence-corrected chi connectivity index (χ4v) is 3.98. The zero-order valence-corrected chi connectivity index (χ0v) is 12.9. The molecule has 114 valence electrons. The largest absolute Gasteiger partial charge is 0.489 e. The van der Waals surface area contributed by atoms with Crippen LogP contribution in [0.25, 0.3) is 0 Å². The minimum absolute atomic E-state index is 0.0608.